The number of esters is 1. The maximum Gasteiger partial charge on any atom is 0.338 e. The Morgan fingerprint density at radius 1 is 1.15 bits per heavy atom. The van der Waals surface area contributed by atoms with Crippen molar-refractivity contribution in [2.45, 2.75) is 13.5 Å². The van der Waals surface area contributed by atoms with Crippen molar-refractivity contribution in [3.05, 3.63) is 76.3 Å². The number of ether oxygens (including phenoxy) is 1. The second kappa shape index (κ2) is 8.12. The maximum absolute atomic E-state index is 12.1. The number of hydrogen-bond acceptors (Lipinski definition) is 5. The van der Waals surface area contributed by atoms with Crippen LogP contribution >= 0.6 is 22.9 Å². The second-order valence-corrected chi connectivity index (χ2v) is 6.67. The number of hydrogen-bond donors (Lipinski definition) is 0. The fourth-order valence-corrected chi connectivity index (χ4v) is 3.37. The predicted octanol–water partition coefficient (Wildman–Crippen LogP) is 4.84. The van der Waals surface area contributed by atoms with Gasteiger partial charge in [0.05, 0.1) is 16.9 Å². The van der Waals surface area contributed by atoms with Crippen LogP contribution in [0.15, 0.2) is 60.0 Å². The van der Waals surface area contributed by atoms with Crippen molar-refractivity contribution in [1.29, 1.82) is 0 Å². The SMILES string of the molecule is CC(=O)N(c1ccccc1)c1nc(COC(=O)c2cccc(Cl)c2)cs1. The van der Waals surface area contributed by atoms with Crippen LogP contribution < -0.4 is 4.90 Å². The zero-order valence-electron chi connectivity index (χ0n) is 13.9. The Balaban J connectivity index is 1.71. The summed E-state index contributed by atoms with van der Waals surface area (Å²) in [5, 5.41) is 2.76. The number of halogens is 1. The Morgan fingerprint density at radius 2 is 1.92 bits per heavy atom. The lowest BCUT2D eigenvalue weighted by atomic mass is 10.2. The Bertz CT molecular complexity index is 927. The first-order valence-electron chi connectivity index (χ1n) is 7.77. The molecule has 3 rings (SSSR count). The van der Waals surface area contributed by atoms with Crippen LogP contribution in [0.25, 0.3) is 0 Å². The van der Waals surface area contributed by atoms with Gasteiger partial charge in [-0.2, -0.15) is 0 Å². The smallest absolute Gasteiger partial charge is 0.338 e. The van der Waals surface area contributed by atoms with E-state index in [-0.39, 0.29) is 12.5 Å². The maximum atomic E-state index is 12.1. The Labute approximate surface area is 159 Å². The van der Waals surface area contributed by atoms with Crippen LogP contribution in [0.4, 0.5) is 10.8 Å². The molecule has 1 heterocycles. The Morgan fingerprint density at radius 3 is 2.62 bits per heavy atom. The van der Waals surface area contributed by atoms with Crippen molar-refractivity contribution in [3.8, 4) is 0 Å². The highest BCUT2D eigenvalue weighted by molar-refractivity contribution is 7.14. The molecule has 5 nitrogen and oxygen atoms in total. The molecule has 0 aliphatic rings. The first-order chi connectivity index (χ1) is 12.5. The molecule has 0 radical (unpaired) electrons. The van der Waals surface area contributed by atoms with Crippen molar-refractivity contribution in [2.24, 2.45) is 0 Å². The van der Waals surface area contributed by atoms with Crippen LogP contribution in [-0.4, -0.2) is 16.9 Å². The number of carbonyl (C=O) groups is 2. The summed E-state index contributed by atoms with van der Waals surface area (Å²) < 4.78 is 5.27. The van der Waals surface area contributed by atoms with Crippen LogP contribution in [0.3, 0.4) is 0 Å². The van der Waals surface area contributed by atoms with Gasteiger partial charge in [-0.05, 0) is 30.3 Å². The number of thiazole rings is 1. The Hall–Kier alpha value is -2.70. The van der Waals surface area contributed by atoms with Gasteiger partial charge in [0.15, 0.2) is 5.13 Å². The number of nitrogens with zero attached hydrogens (tertiary/aromatic N) is 2. The normalized spacial score (nSPS) is 10.4. The average molecular weight is 387 g/mol. The molecule has 0 fully saturated rings. The second-order valence-electron chi connectivity index (χ2n) is 5.40. The number of rotatable bonds is 5. The van der Waals surface area contributed by atoms with E-state index in [0.29, 0.717) is 21.4 Å². The lowest BCUT2D eigenvalue weighted by molar-refractivity contribution is -0.115. The van der Waals surface area contributed by atoms with Crippen LogP contribution in [-0.2, 0) is 16.1 Å². The summed E-state index contributed by atoms with van der Waals surface area (Å²) >= 11 is 7.19. The molecule has 0 bridgehead atoms. The molecule has 0 aliphatic carbocycles. The zero-order valence-corrected chi connectivity index (χ0v) is 15.5. The van der Waals surface area contributed by atoms with E-state index in [0.717, 1.165) is 5.69 Å². The van der Waals surface area contributed by atoms with Gasteiger partial charge in [0.1, 0.15) is 6.61 Å². The van der Waals surface area contributed by atoms with Crippen LogP contribution in [0.1, 0.15) is 23.0 Å². The summed E-state index contributed by atoms with van der Waals surface area (Å²) in [5.41, 5.74) is 1.68. The van der Waals surface area contributed by atoms with Crippen LogP contribution in [0.5, 0.6) is 0 Å². The highest BCUT2D eigenvalue weighted by atomic mass is 35.5. The summed E-state index contributed by atoms with van der Waals surface area (Å²) in [7, 11) is 0. The lowest BCUT2D eigenvalue weighted by Gasteiger charge is -2.17. The van der Waals surface area contributed by atoms with Gasteiger partial charge < -0.3 is 4.74 Å². The molecule has 0 N–H and O–H groups in total. The number of para-hydroxylation sites is 1. The van der Waals surface area contributed by atoms with E-state index in [4.69, 9.17) is 16.3 Å². The number of amides is 1. The summed E-state index contributed by atoms with van der Waals surface area (Å²) in [6.45, 7) is 1.50. The number of aromatic nitrogens is 1. The third-order valence-electron chi connectivity index (χ3n) is 3.47. The van der Waals surface area contributed by atoms with Crippen molar-refractivity contribution in [1.82, 2.24) is 4.98 Å². The van der Waals surface area contributed by atoms with Gasteiger partial charge in [0.25, 0.3) is 0 Å². The topological polar surface area (TPSA) is 59.5 Å². The van der Waals surface area contributed by atoms with Gasteiger partial charge in [-0.15, -0.1) is 11.3 Å². The molecule has 3 aromatic rings. The summed E-state index contributed by atoms with van der Waals surface area (Å²) in [5.74, 6) is -0.624. The van der Waals surface area contributed by atoms with Crippen molar-refractivity contribution >= 4 is 45.6 Å². The molecule has 0 spiro atoms. The number of anilines is 2. The third kappa shape index (κ3) is 4.28. The van der Waals surface area contributed by atoms with Gasteiger partial charge in [-0.25, -0.2) is 9.78 Å². The fourth-order valence-electron chi connectivity index (χ4n) is 2.31. The molecule has 0 saturated carbocycles. The van der Waals surface area contributed by atoms with E-state index in [9.17, 15) is 9.59 Å². The molecule has 132 valence electrons. The molecule has 0 aliphatic heterocycles. The third-order valence-corrected chi connectivity index (χ3v) is 4.58. The molecule has 7 heteroatoms. The summed E-state index contributed by atoms with van der Waals surface area (Å²) in [6, 6.07) is 15.8. The molecule has 26 heavy (non-hydrogen) atoms. The molecule has 1 amide bonds. The van der Waals surface area contributed by atoms with Crippen LogP contribution in [0.2, 0.25) is 5.02 Å². The number of benzene rings is 2. The standard InChI is InChI=1S/C19H15ClN2O3S/c1-13(23)22(17-8-3-2-4-9-17)19-21-16(12-26-19)11-25-18(24)14-6-5-7-15(20)10-14/h2-10,12H,11H2,1H3. The first-order valence-corrected chi connectivity index (χ1v) is 9.03. The first kappa shape index (κ1) is 18.1. The minimum Gasteiger partial charge on any atom is -0.456 e. The molecule has 0 saturated heterocycles. The molecular weight excluding hydrogens is 372 g/mol. The largest absolute Gasteiger partial charge is 0.456 e. The highest BCUT2D eigenvalue weighted by Gasteiger charge is 2.18. The van der Waals surface area contributed by atoms with Gasteiger partial charge in [0, 0.05) is 17.3 Å². The van der Waals surface area contributed by atoms with E-state index in [1.54, 1.807) is 29.6 Å². The van der Waals surface area contributed by atoms with Gasteiger partial charge >= 0.3 is 5.97 Å². The van der Waals surface area contributed by atoms with E-state index in [2.05, 4.69) is 4.98 Å². The van der Waals surface area contributed by atoms with Crippen molar-refractivity contribution in [3.63, 3.8) is 0 Å². The Kier molecular flexibility index (Phi) is 5.65. The molecule has 1 aromatic heterocycles. The van der Waals surface area contributed by atoms with Crippen molar-refractivity contribution in [2.75, 3.05) is 4.90 Å². The monoisotopic (exact) mass is 386 g/mol. The quantitative estimate of drug-likeness (QED) is 0.589. The minimum absolute atomic E-state index is 0.0163. The summed E-state index contributed by atoms with van der Waals surface area (Å²) in [6.07, 6.45) is 0. The molecule has 0 unspecified atom stereocenters. The van der Waals surface area contributed by atoms with Crippen molar-refractivity contribution < 1.29 is 14.3 Å². The average Bonchev–Trinajstić information content (AvgIpc) is 3.09. The number of carbonyl (C=O) groups excluding carboxylic acids is 2. The fraction of sp³-hybridized carbons (Fsp3) is 0.105. The van der Waals surface area contributed by atoms with E-state index in [1.165, 1.54) is 23.2 Å². The highest BCUT2D eigenvalue weighted by Crippen LogP contribution is 2.29. The lowest BCUT2D eigenvalue weighted by Crippen LogP contribution is -2.22. The zero-order chi connectivity index (χ0) is 18.5. The van der Waals surface area contributed by atoms with Gasteiger partial charge in [0.2, 0.25) is 5.91 Å². The van der Waals surface area contributed by atoms with E-state index in [1.807, 2.05) is 30.3 Å². The van der Waals surface area contributed by atoms with Gasteiger partial charge in [-0.3, -0.25) is 9.69 Å². The molecule has 0 atom stereocenters. The van der Waals surface area contributed by atoms with E-state index >= 15 is 0 Å². The molecular formula is C19H15ClN2O3S. The summed E-state index contributed by atoms with van der Waals surface area (Å²) in [4.78, 5) is 30.0. The van der Waals surface area contributed by atoms with Gasteiger partial charge in [-0.1, -0.05) is 35.9 Å². The predicted molar refractivity (Wildman–Crippen MR) is 102 cm³/mol. The molecule has 2 aromatic carbocycles. The van der Waals surface area contributed by atoms with E-state index < -0.39 is 5.97 Å². The van der Waals surface area contributed by atoms with Crippen LogP contribution in [0, 0.1) is 0 Å². The minimum atomic E-state index is -0.478.